The quantitative estimate of drug-likeness (QED) is 0.567. The van der Waals surface area contributed by atoms with Crippen LogP contribution in [0.3, 0.4) is 0 Å². The van der Waals surface area contributed by atoms with Crippen molar-refractivity contribution in [1.82, 2.24) is 30.0 Å². The molecule has 0 aliphatic rings. The van der Waals surface area contributed by atoms with Gasteiger partial charge in [0.05, 0.1) is 0 Å². The average Bonchev–Trinajstić information content (AvgIpc) is 3.09. The lowest BCUT2D eigenvalue weighted by atomic mass is 10.1. The zero-order chi connectivity index (χ0) is 15.1. The highest BCUT2D eigenvalue weighted by Gasteiger charge is 2.14. The van der Waals surface area contributed by atoms with Gasteiger partial charge >= 0.3 is 0 Å². The van der Waals surface area contributed by atoms with Crippen LogP contribution in [0.25, 0.3) is 27.8 Å². The van der Waals surface area contributed by atoms with Crippen LogP contribution >= 0.6 is 0 Å². The van der Waals surface area contributed by atoms with Crippen molar-refractivity contribution in [3.05, 3.63) is 52.6 Å². The molecule has 3 heterocycles. The first-order valence-corrected chi connectivity index (χ1v) is 6.95. The van der Waals surface area contributed by atoms with Gasteiger partial charge in [-0.2, -0.15) is 5.21 Å². The highest BCUT2D eigenvalue weighted by atomic mass is 16.1. The minimum absolute atomic E-state index is 0.202. The van der Waals surface area contributed by atoms with Gasteiger partial charge < -0.3 is 0 Å². The second-order valence-corrected chi connectivity index (χ2v) is 4.96. The number of aromatic amines is 1. The Morgan fingerprint density at radius 1 is 1.23 bits per heavy atom. The van der Waals surface area contributed by atoms with Crippen molar-refractivity contribution in [3.63, 3.8) is 0 Å². The summed E-state index contributed by atoms with van der Waals surface area (Å²) in [5.74, 6) is 0.248. The predicted molar refractivity (Wildman–Crippen MR) is 81.5 cm³/mol. The van der Waals surface area contributed by atoms with Crippen LogP contribution in [0.5, 0.6) is 0 Å². The van der Waals surface area contributed by atoms with Gasteiger partial charge in [0.15, 0.2) is 0 Å². The molecular weight excluding hydrogens is 280 g/mol. The third-order valence-corrected chi connectivity index (χ3v) is 3.76. The Kier molecular flexibility index (Phi) is 2.72. The predicted octanol–water partition coefficient (Wildman–Crippen LogP) is 1.59. The van der Waals surface area contributed by atoms with Crippen LogP contribution in [-0.4, -0.2) is 30.0 Å². The number of tetrazole rings is 1. The second kappa shape index (κ2) is 4.73. The molecule has 3 aromatic heterocycles. The van der Waals surface area contributed by atoms with Crippen LogP contribution in [0.15, 0.2) is 41.5 Å². The monoisotopic (exact) mass is 292 g/mol. The summed E-state index contributed by atoms with van der Waals surface area (Å²) < 4.78 is 1.56. The van der Waals surface area contributed by atoms with Crippen molar-refractivity contribution < 1.29 is 0 Å². The summed E-state index contributed by atoms with van der Waals surface area (Å²) in [4.78, 5) is 17.2. The molecule has 0 saturated heterocycles. The van der Waals surface area contributed by atoms with Gasteiger partial charge in [-0.1, -0.05) is 31.2 Å². The fraction of sp³-hybridized carbons (Fsp3) is 0.133. The average molecular weight is 292 g/mol. The molecule has 4 rings (SSSR count). The number of rotatable bonds is 2. The van der Waals surface area contributed by atoms with E-state index in [-0.39, 0.29) is 11.4 Å². The Labute approximate surface area is 124 Å². The molecule has 0 bridgehead atoms. The number of aromatic nitrogens is 6. The summed E-state index contributed by atoms with van der Waals surface area (Å²) in [5.41, 5.74) is 1.85. The van der Waals surface area contributed by atoms with Crippen LogP contribution in [0.1, 0.15) is 12.5 Å². The Morgan fingerprint density at radius 3 is 2.77 bits per heavy atom. The molecule has 4 aromatic rings. The van der Waals surface area contributed by atoms with Gasteiger partial charge in [0.25, 0.3) is 5.56 Å². The molecule has 0 fully saturated rings. The largest absolute Gasteiger partial charge is 0.269 e. The first-order chi connectivity index (χ1) is 10.8. The Hall–Kier alpha value is -3.09. The van der Waals surface area contributed by atoms with E-state index >= 15 is 0 Å². The number of nitrogens with zero attached hydrogens (tertiary/aromatic N) is 5. The van der Waals surface area contributed by atoms with Crippen LogP contribution in [0.4, 0.5) is 0 Å². The molecule has 1 aromatic carbocycles. The number of H-pyrrole nitrogens is 1. The summed E-state index contributed by atoms with van der Waals surface area (Å²) in [6.45, 7) is 2.06. The fourth-order valence-corrected chi connectivity index (χ4v) is 2.68. The molecule has 7 nitrogen and oxygen atoms in total. The van der Waals surface area contributed by atoms with Gasteiger partial charge in [-0.05, 0) is 22.6 Å². The minimum Gasteiger partial charge on any atom is -0.268 e. The molecule has 0 aliphatic carbocycles. The number of hydrogen-bond acceptors (Lipinski definition) is 5. The van der Waals surface area contributed by atoms with Crippen molar-refractivity contribution in [3.8, 4) is 11.4 Å². The van der Waals surface area contributed by atoms with E-state index in [1.165, 1.54) is 6.20 Å². The number of pyridine rings is 1. The van der Waals surface area contributed by atoms with E-state index in [9.17, 15) is 4.79 Å². The van der Waals surface area contributed by atoms with Gasteiger partial charge in [-0.15, -0.1) is 10.2 Å². The molecule has 108 valence electrons. The molecule has 0 amide bonds. The minimum atomic E-state index is -0.202. The lowest BCUT2D eigenvalue weighted by molar-refractivity contribution is 0.881. The van der Waals surface area contributed by atoms with Crippen molar-refractivity contribution >= 4 is 16.4 Å². The van der Waals surface area contributed by atoms with E-state index in [4.69, 9.17) is 0 Å². The van der Waals surface area contributed by atoms with E-state index in [2.05, 4.69) is 32.5 Å². The van der Waals surface area contributed by atoms with Crippen LogP contribution < -0.4 is 5.56 Å². The van der Waals surface area contributed by atoms with Crippen LogP contribution in [0, 0.1) is 0 Å². The number of aryl methyl sites for hydroxylation is 1. The van der Waals surface area contributed by atoms with Crippen molar-refractivity contribution in [2.75, 3.05) is 0 Å². The lowest BCUT2D eigenvalue weighted by Crippen LogP contribution is -2.18. The Morgan fingerprint density at radius 2 is 2.05 bits per heavy atom. The molecule has 22 heavy (non-hydrogen) atoms. The molecule has 1 N–H and O–H groups in total. The molecule has 0 aliphatic heterocycles. The third-order valence-electron chi connectivity index (χ3n) is 3.76. The van der Waals surface area contributed by atoms with Crippen molar-refractivity contribution in [2.45, 2.75) is 13.3 Å². The van der Waals surface area contributed by atoms with Gasteiger partial charge in [-0.3, -0.25) is 9.20 Å². The topological polar surface area (TPSA) is 88.8 Å². The summed E-state index contributed by atoms with van der Waals surface area (Å²) in [5, 5.41) is 15.6. The third kappa shape index (κ3) is 1.72. The summed E-state index contributed by atoms with van der Waals surface area (Å²) in [6.07, 6.45) is 4.17. The van der Waals surface area contributed by atoms with Gasteiger partial charge in [0, 0.05) is 17.8 Å². The highest BCUT2D eigenvalue weighted by molar-refractivity contribution is 5.96. The van der Waals surface area contributed by atoms with E-state index < -0.39 is 0 Å². The maximum absolute atomic E-state index is 12.7. The number of benzene rings is 1. The number of fused-ring (bicyclic) bond motifs is 3. The maximum atomic E-state index is 12.7. The zero-order valence-electron chi connectivity index (χ0n) is 11.8. The highest BCUT2D eigenvalue weighted by Crippen LogP contribution is 2.22. The molecule has 7 heteroatoms. The Balaban J connectivity index is 2.15. The van der Waals surface area contributed by atoms with Crippen LogP contribution in [0.2, 0.25) is 0 Å². The summed E-state index contributed by atoms with van der Waals surface area (Å²) in [6, 6.07) is 7.96. The number of nitrogens with one attached hydrogen (secondary N) is 1. The fourth-order valence-electron chi connectivity index (χ4n) is 2.68. The first kappa shape index (κ1) is 12.6. The van der Waals surface area contributed by atoms with Gasteiger partial charge in [-0.25, -0.2) is 4.98 Å². The van der Waals surface area contributed by atoms with E-state index in [0.29, 0.717) is 11.2 Å². The summed E-state index contributed by atoms with van der Waals surface area (Å²) in [7, 11) is 0. The van der Waals surface area contributed by atoms with Crippen molar-refractivity contribution in [1.29, 1.82) is 0 Å². The van der Waals surface area contributed by atoms with Crippen molar-refractivity contribution in [2.24, 2.45) is 0 Å². The lowest BCUT2D eigenvalue weighted by Gasteiger charge is -2.09. The molecule has 0 atom stereocenters. The van der Waals surface area contributed by atoms with Gasteiger partial charge in [0.2, 0.25) is 5.82 Å². The zero-order valence-corrected chi connectivity index (χ0v) is 11.8. The van der Waals surface area contributed by atoms with E-state index in [1.807, 2.05) is 30.5 Å². The second-order valence-electron chi connectivity index (χ2n) is 4.96. The number of hydrogen-bond donors (Lipinski definition) is 1. The first-order valence-electron chi connectivity index (χ1n) is 6.95. The molecule has 0 radical (unpaired) electrons. The standard InChI is InChI=1S/C15H12N6O/c1-2-9-8-21-14(11-6-4-3-5-10(9)11)16-7-12(15(21)22)13-17-19-20-18-13/h3-8H,2H2,1H3,(H,17,18,19,20). The molecule has 0 unspecified atom stereocenters. The summed E-state index contributed by atoms with van der Waals surface area (Å²) >= 11 is 0. The normalized spacial score (nSPS) is 11.3. The maximum Gasteiger partial charge on any atom is 0.269 e. The van der Waals surface area contributed by atoms with Gasteiger partial charge in [0.1, 0.15) is 11.2 Å². The van der Waals surface area contributed by atoms with Crippen LogP contribution in [-0.2, 0) is 6.42 Å². The molecule has 0 saturated carbocycles. The molecule has 0 spiro atoms. The van der Waals surface area contributed by atoms with E-state index in [1.54, 1.807) is 4.40 Å². The Bertz CT molecular complexity index is 1040. The smallest absolute Gasteiger partial charge is 0.268 e. The molecular formula is C15H12N6O. The van der Waals surface area contributed by atoms with E-state index in [0.717, 1.165) is 22.8 Å². The SMILES string of the molecule is CCc1cn2c(=O)c(-c3nn[nH]n3)cnc2c2ccccc12.